The highest BCUT2D eigenvalue weighted by Crippen LogP contribution is 2.51. The van der Waals surface area contributed by atoms with E-state index >= 15 is 0 Å². The molecule has 1 nitrogen and oxygen atoms in total. The van der Waals surface area contributed by atoms with E-state index in [-0.39, 0.29) is 5.41 Å². The highest BCUT2D eigenvalue weighted by atomic mass is 15.1. The van der Waals surface area contributed by atoms with Crippen LogP contribution in [0.15, 0.2) is 212 Å². The molecule has 58 heavy (non-hydrogen) atoms. The zero-order valence-corrected chi connectivity index (χ0v) is 32.7. The molecular formula is C57H41N. The number of anilines is 3. The van der Waals surface area contributed by atoms with Crippen molar-refractivity contribution >= 4 is 49.4 Å². The molecule has 10 aromatic rings. The quantitative estimate of drug-likeness (QED) is 0.154. The molecule has 0 N–H and O–H groups in total. The van der Waals surface area contributed by atoms with Crippen molar-refractivity contribution in [2.24, 2.45) is 0 Å². The zero-order chi connectivity index (χ0) is 38.8. The molecule has 0 unspecified atom stereocenters. The standard InChI is InChI=1S/C57H41N/c1-57(2)55-24-9-8-18-53(55)54-34-33-44(37-56(54)57)58(42-29-25-40(26-30-42)46-19-10-16-39-15-6-7-17-45(39)46)43-31-27-41(28-32-43)48-21-12-23-50-49-22-11-20-47(38-13-4-3-5-14-38)51(49)35-36-52(48)50/h3-37H,1-2H3. The number of fused-ring (bicyclic) bond motifs is 7. The van der Waals surface area contributed by atoms with E-state index in [4.69, 9.17) is 0 Å². The molecule has 0 aromatic heterocycles. The van der Waals surface area contributed by atoms with E-state index in [1.807, 2.05) is 0 Å². The fourth-order valence-corrected chi connectivity index (χ4v) is 9.58. The van der Waals surface area contributed by atoms with E-state index in [9.17, 15) is 0 Å². The van der Waals surface area contributed by atoms with E-state index in [1.54, 1.807) is 0 Å². The summed E-state index contributed by atoms with van der Waals surface area (Å²) in [6, 6.07) is 78.1. The summed E-state index contributed by atoms with van der Waals surface area (Å²) in [6.07, 6.45) is 0. The lowest BCUT2D eigenvalue weighted by Crippen LogP contribution is -2.16. The summed E-state index contributed by atoms with van der Waals surface area (Å²) >= 11 is 0. The second-order valence-corrected chi connectivity index (χ2v) is 16.1. The molecule has 0 heterocycles. The van der Waals surface area contributed by atoms with Crippen LogP contribution in [-0.2, 0) is 5.41 Å². The monoisotopic (exact) mass is 739 g/mol. The van der Waals surface area contributed by atoms with E-state index in [2.05, 4.69) is 231 Å². The third kappa shape index (κ3) is 5.46. The molecule has 0 fully saturated rings. The predicted octanol–water partition coefficient (Wildman–Crippen LogP) is 15.9. The highest BCUT2D eigenvalue weighted by molar-refractivity contribution is 6.15. The van der Waals surface area contributed by atoms with Crippen molar-refractivity contribution in [2.75, 3.05) is 4.90 Å². The molecule has 0 radical (unpaired) electrons. The summed E-state index contributed by atoms with van der Waals surface area (Å²) in [5.74, 6) is 0. The Morgan fingerprint density at radius 2 is 0.741 bits per heavy atom. The van der Waals surface area contributed by atoms with Crippen molar-refractivity contribution in [3.63, 3.8) is 0 Å². The smallest absolute Gasteiger partial charge is 0.0465 e. The minimum atomic E-state index is -0.101. The SMILES string of the molecule is CC1(C)c2ccccc2-c2ccc(N(c3ccc(-c4cccc5ccccc45)cc3)c3ccc(-c4cccc5c4ccc4c(-c6ccccc6)cccc45)cc3)cc21. The first kappa shape index (κ1) is 34.1. The first-order valence-corrected chi connectivity index (χ1v) is 20.3. The van der Waals surface area contributed by atoms with Crippen LogP contribution in [0.4, 0.5) is 17.1 Å². The van der Waals surface area contributed by atoms with Crippen LogP contribution in [0.25, 0.3) is 76.8 Å². The van der Waals surface area contributed by atoms with Crippen molar-refractivity contribution in [2.45, 2.75) is 19.3 Å². The van der Waals surface area contributed by atoms with Crippen LogP contribution in [0.1, 0.15) is 25.0 Å². The molecule has 1 aliphatic rings. The van der Waals surface area contributed by atoms with Gasteiger partial charge in [-0.3, -0.25) is 0 Å². The number of rotatable bonds is 6. The molecule has 0 aliphatic heterocycles. The number of benzene rings is 10. The third-order valence-corrected chi connectivity index (χ3v) is 12.5. The fourth-order valence-electron chi connectivity index (χ4n) is 9.58. The predicted molar refractivity (Wildman–Crippen MR) is 248 cm³/mol. The van der Waals surface area contributed by atoms with Crippen LogP contribution in [-0.4, -0.2) is 0 Å². The van der Waals surface area contributed by atoms with E-state index in [1.165, 1.54) is 88.0 Å². The van der Waals surface area contributed by atoms with Gasteiger partial charge < -0.3 is 4.90 Å². The molecule has 0 amide bonds. The van der Waals surface area contributed by atoms with Gasteiger partial charge in [-0.15, -0.1) is 0 Å². The second-order valence-electron chi connectivity index (χ2n) is 16.1. The van der Waals surface area contributed by atoms with Gasteiger partial charge in [0.15, 0.2) is 0 Å². The molecule has 11 rings (SSSR count). The summed E-state index contributed by atoms with van der Waals surface area (Å²) in [6.45, 7) is 4.71. The van der Waals surface area contributed by atoms with Crippen LogP contribution in [0, 0.1) is 0 Å². The molecule has 1 aliphatic carbocycles. The number of hydrogen-bond donors (Lipinski definition) is 0. The molecule has 0 saturated heterocycles. The summed E-state index contributed by atoms with van der Waals surface area (Å²) in [4.78, 5) is 2.41. The summed E-state index contributed by atoms with van der Waals surface area (Å²) < 4.78 is 0. The lowest BCUT2D eigenvalue weighted by atomic mass is 9.82. The first-order chi connectivity index (χ1) is 28.5. The topological polar surface area (TPSA) is 3.24 Å². The highest BCUT2D eigenvalue weighted by Gasteiger charge is 2.35. The Morgan fingerprint density at radius 1 is 0.293 bits per heavy atom. The Bertz CT molecular complexity index is 3170. The molecular weight excluding hydrogens is 699 g/mol. The van der Waals surface area contributed by atoms with Crippen LogP contribution in [0.2, 0.25) is 0 Å². The summed E-state index contributed by atoms with van der Waals surface area (Å²) in [5.41, 5.74) is 16.1. The van der Waals surface area contributed by atoms with Crippen molar-refractivity contribution in [3.8, 4) is 44.5 Å². The third-order valence-electron chi connectivity index (χ3n) is 12.5. The van der Waals surface area contributed by atoms with Gasteiger partial charge in [0.2, 0.25) is 0 Å². The number of nitrogens with zero attached hydrogens (tertiary/aromatic N) is 1. The number of hydrogen-bond acceptors (Lipinski definition) is 1. The van der Waals surface area contributed by atoms with E-state index in [0.717, 1.165) is 17.1 Å². The van der Waals surface area contributed by atoms with Gasteiger partial charge in [-0.1, -0.05) is 190 Å². The van der Waals surface area contributed by atoms with Gasteiger partial charge in [-0.25, -0.2) is 0 Å². The Kier molecular flexibility index (Phi) is 7.91. The van der Waals surface area contributed by atoms with Crippen LogP contribution < -0.4 is 4.90 Å². The lowest BCUT2D eigenvalue weighted by Gasteiger charge is -2.28. The van der Waals surface area contributed by atoms with Gasteiger partial charge in [0.1, 0.15) is 0 Å². The van der Waals surface area contributed by atoms with Crippen LogP contribution >= 0.6 is 0 Å². The Balaban J connectivity index is 1.02. The van der Waals surface area contributed by atoms with Gasteiger partial charge in [0.05, 0.1) is 0 Å². The Hall–Kier alpha value is -7.22. The normalized spacial score (nSPS) is 12.8. The molecule has 10 aromatic carbocycles. The van der Waals surface area contributed by atoms with Crippen molar-refractivity contribution in [1.29, 1.82) is 0 Å². The zero-order valence-electron chi connectivity index (χ0n) is 32.7. The van der Waals surface area contributed by atoms with Gasteiger partial charge in [0, 0.05) is 22.5 Å². The molecule has 0 saturated carbocycles. The molecule has 0 atom stereocenters. The minimum Gasteiger partial charge on any atom is -0.310 e. The fraction of sp³-hybridized carbons (Fsp3) is 0.0526. The maximum absolute atomic E-state index is 2.42. The van der Waals surface area contributed by atoms with Crippen LogP contribution in [0.3, 0.4) is 0 Å². The largest absolute Gasteiger partial charge is 0.310 e. The maximum atomic E-state index is 2.42. The van der Waals surface area contributed by atoms with E-state index in [0.29, 0.717) is 0 Å². The summed E-state index contributed by atoms with van der Waals surface area (Å²) in [5, 5.41) is 7.60. The first-order valence-electron chi connectivity index (χ1n) is 20.3. The van der Waals surface area contributed by atoms with Gasteiger partial charge >= 0.3 is 0 Å². The molecule has 1 heteroatoms. The van der Waals surface area contributed by atoms with Gasteiger partial charge in [-0.2, -0.15) is 0 Å². The van der Waals surface area contributed by atoms with Crippen molar-refractivity contribution in [3.05, 3.63) is 223 Å². The van der Waals surface area contributed by atoms with Crippen molar-refractivity contribution in [1.82, 2.24) is 0 Å². The lowest BCUT2D eigenvalue weighted by molar-refractivity contribution is 0.660. The Labute approximate surface area is 340 Å². The maximum Gasteiger partial charge on any atom is 0.0465 e. The Morgan fingerprint density at radius 3 is 1.40 bits per heavy atom. The van der Waals surface area contributed by atoms with Crippen molar-refractivity contribution < 1.29 is 0 Å². The second kappa shape index (κ2) is 13.5. The average molecular weight is 740 g/mol. The summed E-state index contributed by atoms with van der Waals surface area (Å²) in [7, 11) is 0. The molecule has 0 bridgehead atoms. The molecule has 274 valence electrons. The minimum absolute atomic E-state index is 0.101. The van der Waals surface area contributed by atoms with Gasteiger partial charge in [-0.05, 0) is 124 Å². The van der Waals surface area contributed by atoms with E-state index < -0.39 is 0 Å². The van der Waals surface area contributed by atoms with Gasteiger partial charge in [0.25, 0.3) is 0 Å². The molecule has 0 spiro atoms. The average Bonchev–Trinajstić information content (AvgIpc) is 3.51. The van der Waals surface area contributed by atoms with Crippen LogP contribution in [0.5, 0.6) is 0 Å².